The summed E-state index contributed by atoms with van der Waals surface area (Å²) in [5, 5.41) is 0. The van der Waals surface area contributed by atoms with Crippen LogP contribution in [-0.4, -0.2) is 10.9 Å². The molecule has 0 radical (unpaired) electrons. The highest BCUT2D eigenvalue weighted by atomic mass is 16.2. The molecular formula is C8H11N3O. The average molecular weight is 165 g/mol. The van der Waals surface area contributed by atoms with E-state index in [9.17, 15) is 4.79 Å². The Labute approximate surface area is 70.8 Å². The lowest BCUT2D eigenvalue weighted by molar-refractivity contribution is -0.120. The summed E-state index contributed by atoms with van der Waals surface area (Å²) in [7, 11) is 0. The minimum atomic E-state index is -0.203. The molecule has 0 saturated heterocycles. The number of carbonyl (C=O) groups excluding carboxylic acids is 1. The molecule has 3 N–H and O–H groups in total. The van der Waals surface area contributed by atoms with E-state index in [0.717, 1.165) is 11.3 Å². The molecule has 0 aliphatic rings. The van der Waals surface area contributed by atoms with Gasteiger partial charge >= 0.3 is 0 Å². The number of nitrogens with one attached hydrogen (secondary N) is 1. The van der Waals surface area contributed by atoms with Crippen molar-refractivity contribution in [3.63, 3.8) is 0 Å². The van der Waals surface area contributed by atoms with E-state index >= 15 is 0 Å². The summed E-state index contributed by atoms with van der Waals surface area (Å²) in [6.07, 6.45) is 1.98. The van der Waals surface area contributed by atoms with Gasteiger partial charge in [-0.25, -0.2) is 5.84 Å². The smallest absolute Gasteiger partial charge is 0.238 e. The summed E-state index contributed by atoms with van der Waals surface area (Å²) < 4.78 is 0. The molecule has 1 aromatic heterocycles. The van der Waals surface area contributed by atoms with Crippen molar-refractivity contribution in [2.45, 2.75) is 13.3 Å². The Hall–Kier alpha value is -1.42. The number of hydrogen-bond acceptors (Lipinski definition) is 3. The SMILES string of the molecule is Cc1ncccc1CC(=O)NN. The number of nitrogens with zero attached hydrogens (tertiary/aromatic N) is 1. The van der Waals surface area contributed by atoms with Crippen molar-refractivity contribution in [2.24, 2.45) is 5.84 Å². The third kappa shape index (κ3) is 2.03. The van der Waals surface area contributed by atoms with Gasteiger partial charge in [-0.3, -0.25) is 15.2 Å². The molecule has 0 aromatic carbocycles. The van der Waals surface area contributed by atoms with Crippen molar-refractivity contribution in [1.82, 2.24) is 10.4 Å². The molecule has 64 valence electrons. The molecule has 4 heteroatoms. The molecule has 1 rings (SSSR count). The number of nitrogens with two attached hydrogens (primary N) is 1. The van der Waals surface area contributed by atoms with Crippen LogP contribution < -0.4 is 11.3 Å². The molecule has 0 aliphatic heterocycles. The normalized spacial score (nSPS) is 9.50. The Bertz CT molecular complexity index is 285. The number of carbonyl (C=O) groups is 1. The van der Waals surface area contributed by atoms with E-state index in [2.05, 4.69) is 10.4 Å². The monoisotopic (exact) mass is 165 g/mol. The summed E-state index contributed by atoms with van der Waals surface area (Å²) in [5.41, 5.74) is 3.84. The Morgan fingerprint density at radius 1 is 1.75 bits per heavy atom. The minimum Gasteiger partial charge on any atom is -0.294 e. The van der Waals surface area contributed by atoms with Crippen LogP contribution >= 0.6 is 0 Å². The Balaban J connectivity index is 2.75. The van der Waals surface area contributed by atoms with Gasteiger partial charge < -0.3 is 0 Å². The van der Waals surface area contributed by atoms with E-state index in [-0.39, 0.29) is 12.3 Å². The van der Waals surface area contributed by atoms with Crippen molar-refractivity contribution in [2.75, 3.05) is 0 Å². The van der Waals surface area contributed by atoms with Crippen LogP contribution in [0.3, 0.4) is 0 Å². The molecule has 1 heterocycles. The van der Waals surface area contributed by atoms with E-state index in [1.54, 1.807) is 12.3 Å². The lowest BCUT2D eigenvalue weighted by atomic mass is 10.1. The van der Waals surface area contributed by atoms with Crippen molar-refractivity contribution < 1.29 is 4.79 Å². The maximum Gasteiger partial charge on any atom is 0.238 e. The van der Waals surface area contributed by atoms with Crippen LogP contribution in [0.5, 0.6) is 0 Å². The number of aryl methyl sites for hydroxylation is 1. The molecule has 0 bridgehead atoms. The van der Waals surface area contributed by atoms with E-state index < -0.39 is 0 Å². The van der Waals surface area contributed by atoms with Crippen LogP contribution in [0.2, 0.25) is 0 Å². The summed E-state index contributed by atoms with van der Waals surface area (Å²) in [6.45, 7) is 1.86. The van der Waals surface area contributed by atoms with Gasteiger partial charge in [0.1, 0.15) is 0 Å². The fourth-order valence-corrected chi connectivity index (χ4v) is 0.928. The van der Waals surface area contributed by atoms with Gasteiger partial charge in [-0.1, -0.05) is 6.07 Å². The van der Waals surface area contributed by atoms with E-state index in [0.29, 0.717) is 0 Å². The summed E-state index contributed by atoms with van der Waals surface area (Å²) in [6, 6.07) is 3.66. The first-order valence-corrected chi connectivity index (χ1v) is 3.64. The predicted molar refractivity (Wildman–Crippen MR) is 45.0 cm³/mol. The number of rotatable bonds is 2. The highest BCUT2D eigenvalue weighted by Crippen LogP contribution is 2.03. The first-order chi connectivity index (χ1) is 5.74. The molecule has 1 amide bonds. The number of hydrazine groups is 1. The third-order valence-electron chi connectivity index (χ3n) is 1.63. The van der Waals surface area contributed by atoms with E-state index in [1.807, 2.05) is 13.0 Å². The number of pyridine rings is 1. The third-order valence-corrected chi connectivity index (χ3v) is 1.63. The molecule has 0 spiro atoms. The summed E-state index contributed by atoms with van der Waals surface area (Å²) in [5.74, 6) is 4.75. The van der Waals surface area contributed by atoms with E-state index in [1.165, 1.54) is 0 Å². The van der Waals surface area contributed by atoms with Gasteiger partial charge in [0.05, 0.1) is 6.42 Å². The molecule has 0 atom stereocenters. The molecule has 0 fully saturated rings. The second kappa shape index (κ2) is 3.82. The zero-order valence-electron chi connectivity index (χ0n) is 6.87. The first kappa shape index (κ1) is 8.67. The van der Waals surface area contributed by atoms with Crippen molar-refractivity contribution >= 4 is 5.91 Å². The fourth-order valence-electron chi connectivity index (χ4n) is 0.928. The minimum absolute atomic E-state index is 0.203. The number of amides is 1. The standard InChI is InChI=1S/C8H11N3O/c1-6-7(3-2-4-10-6)5-8(12)11-9/h2-4H,5,9H2,1H3,(H,11,12). The van der Waals surface area contributed by atoms with Gasteiger partial charge in [0.25, 0.3) is 0 Å². The lowest BCUT2D eigenvalue weighted by Crippen LogP contribution is -2.31. The fraction of sp³-hybridized carbons (Fsp3) is 0.250. The zero-order valence-corrected chi connectivity index (χ0v) is 6.87. The molecule has 0 saturated carbocycles. The van der Waals surface area contributed by atoms with Crippen LogP contribution in [0.4, 0.5) is 0 Å². The largest absolute Gasteiger partial charge is 0.294 e. The van der Waals surface area contributed by atoms with Crippen molar-refractivity contribution in [3.05, 3.63) is 29.6 Å². The number of hydrogen-bond donors (Lipinski definition) is 2. The molecule has 1 aromatic rings. The van der Waals surface area contributed by atoms with E-state index in [4.69, 9.17) is 5.84 Å². The van der Waals surface area contributed by atoms with Crippen LogP contribution in [-0.2, 0) is 11.2 Å². The van der Waals surface area contributed by atoms with Crippen LogP contribution in [0, 0.1) is 6.92 Å². The Morgan fingerprint density at radius 3 is 3.08 bits per heavy atom. The van der Waals surface area contributed by atoms with Gasteiger partial charge in [-0.05, 0) is 18.6 Å². The lowest BCUT2D eigenvalue weighted by Gasteiger charge is -2.02. The Morgan fingerprint density at radius 2 is 2.50 bits per heavy atom. The molecule has 12 heavy (non-hydrogen) atoms. The van der Waals surface area contributed by atoms with Gasteiger partial charge in [0.2, 0.25) is 5.91 Å². The highest BCUT2D eigenvalue weighted by molar-refractivity contribution is 5.78. The van der Waals surface area contributed by atoms with Crippen molar-refractivity contribution in [3.8, 4) is 0 Å². The predicted octanol–water partition coefficient (Wildman–Crippen LogP) is -0.0776. The van der Waals surface area contributed by atoms with Gasteiger partial charge in [0.15, 0.2) is 0 Å². The van der Waals surface area contributed by atoms with Crippen LogP contribution in [0.1, 0.15) is 11.3 Å². The van der Waals surface area contributed by atoms with Crippen molar-refractivity contribution in [1.29, 1.82) is 0 Å². The second-order valence-corrected chi connectivity index (χ2v) is 2.49. The highest BCUT2D eigenvalue weighted by Gasteiger charge is 2.03. The molecule has 0 aliphatic carbocycles. The molecule has 4 nitrogen and oxygen atoms in total. The quantitative estimate of drug-likeness (QED) is 0.366. The van der Waals surface area contributed by atoms with Gasteiger partial charge in [0, 0.05) is 11.9 Å². The van der Waals surface area contributed by atoms with Crippen LogP contribution in [0.15, 0.2) is 18.3 Å². The maximum absolute atomic E-state index is 10.9. The average Bonchev–Trinajstić information content (AvgIpc) is 2.09. The number of aromatic nitrogens is 1. The summed E-state index contributed by atoms with van der Waals surface area (Å²) in [4.78, 5) is 14.9. The topological polar surface area (TPSA) is 68.0 Å². The molecular weight excluding hydrogens is 154 g/mol. The zero-order chi connectivity index (χ0) is 8.97. The van der Waals surface area contributed by atoms with Gasteiger partial charge in [-0.2, -0.15) is 0 Å². The van der Waals surface area contributed by atoms with Gasteiger partial charge in [-0.15, -0.1) is 0 Å². The Kier molecular flexibility index (Phi) is 2.76. The summed E-state index contributed by atoms with van der Waals surface area (Å²) >= 11 is 0. The maximum atomic E-state index is 10.9. The second-order valence-electron chi connectivity index (χ2n) is 2.49. The molecule has 0 unspecified atom stereocenters. The van der Waals surface area contributed by atoms with Crippen LogP contribution in [0.25, 0.3) is 0 Å². The first-order valence-electron chi connectivity index (χ1n) is 3.64.